The number of carboxylic acids is 1. The predicted molar refractivity (Wildman–Crippen MR) is 118 cm³/mol. The first-order valence-electron chi connectivity index (χ1n) is 10.5. The van der Waals surface area contributed by atoms with Crippen molar-refractivity contribution in [2.75, 3.05) is 5.01 Å². The number of carbonyl (C=O) groups is 1. The van der Waals surface area contributed by atoms with E-state index >= 15 is 0 Å². The van der Waals surface area contributed by atoms with E-state index in [4.69, 9.17) is 23.3 Å². The minimum absolute atomic E-state index is 0.282. The summed E-state index contributed by atoms with van der Waals surface area (Å²) in [7, 11) is 0. The summed E-state index contributed by atoms with van der Waals surface area (Å²) in [5, 5.41) is 17.0. The molecular weight excluding hydrogens is 398 g/mol. The van der Waals surface area contributed by atoms with E-state index < -0.39 is 5.97 Å². The third-order valence-corrected chi connectivity index (χ3v) is 7.12. The fourth-order valence-corrected chi connectivity index (χ4v) is 5.65. The molecule has 1 heterocycles. The van der Waals surface area contributed by atoms with E-state index in [1.165, 1.54) is 25.7 Å². The molecule has 1 saturated carbocycles. The van der Waals surface area contributed by atoms with Crippen molar-refractivity contribution in [3.63, 3.8) is 0 Å². The second-order valence-corrected chi connectivity index (χ2v) is 8.84. The molecule has 1 fully saturated rings. The lowest BCUT2D eigenvalue weighted by Gasteiger charge is -2.34. The summed E-state index contributed by atoms with van der Waals surface area (Å²) in [5.41, 5.74) is 4.92. The van der Waals surface area contributed by atoms with Gasteiger partial charge in [0.05, 0.1) is 29.6 Å². The van der Waals surface area contributed by atoms with E-state index in [9.17, 15) is 9.90 Å². The van der Waals surface area contributed by atoms with Crippen molar-refractivity contribution in [3.05, 3.63) is 69.5 Å². The van der Waals surface area contributed by atoms with Crippen LogP contribution >= 0.6 is 11.6 Å². The number of rotatable bonds is 3. The number of hydrogen-bond donors (Lipinski definition) is 1. The fraction of sp³-hybridized carbons (Fsp3) is 0.375. The van der Waals surface area contributed by atoms with E-state index in [0.717, 1.165) is 35.4 Å². The van der Waals surface area contributed by atoms with Crippen LogP contribution < -0.4 is 5.01 Å². The lowest BCUT2D eigenvalue weighted by molar-refractivity contribution is 0.0696. The second kappa shape index (κ2) is 7.45. The Morgan fingerprint density at radius 3 is 2.67 bits per heavy atom. The Hall–Kier alpha value is -2.84. The molecule has 0 aromatic heterocycles. The van der Waals surface area contributed by atoms with Crippen LogP contribution in [-0.4, -0.2) is 22.8 Å². The predicted octanol–water partition coefficient (Wildman–Crippen LogP) is 5.93. The summed E-state index contributed by atoms with van der Waals surface area (Å²) < 4.78 is 0. The van der Waals surface area contributed by atoms with Crippen LogP contribution in [0.3, 0.4) is 0 Å². The summed E-state index contributed by atoms with van der Waals surface area (Å²) in [4.78, 5) is 14.9. The lowest BCUT2D eigenvalue weighted by atomic mass is 9.75. The van der Waals surface area contributed by atoms with Crippen LogP contribution in [0.25, 0.3) is 4.85 Å². The molecule has 5 rings (SSSR count). The van der Waals surface area contributed by atoms with E-state index in [1.54, 1.807) is 18.2 Å². The van der Waals surface area contributed by atoms with Crippen LogP contribution in [0.15, 0.2) is 41.5 Å². The zero-order valence-electron chi connectivity index (χ0n) is 16.5. The molecule has 0 bridgehead atoms. The van der Waals surface area contributed by atoms with Gasteiger partial charge in [-0.3, -0.25) is 5.01 Å². The topological polar surface area (TPSA) is 57.3 Å². The molecule has 3 aliphatic rings. The fourth-order valence-electron chi connectivity index (χ4n) is 5.43. The smallest absolute Gasteiger partial charge is 0.335 e. The van der Waals surface area contributed by atoms with Crippen molar-refractivity contribution in [1.82, 2.24) is 0 Å². The number of nitrogens with zero attached hydrogens (tertiary/aromatic N) is 3. The van der Waals surface area contributed by atoms with Gasteiger partial charge in [-0.1, -0.05) is 36.6 Å². The number of benzene rings is 2. The number of hydrazone groups is 1. The number of aromatic carboxylic acids is 1. The highest BCUT2D eigenvalue weighted by molar-refractivity contribution is 6.33. The van der Waals surface area contributed by atoms with Crippen molar-refractivity contribution in [1.29, 1.82) is 0 Å². The van der Waals surface area contributed by atoms with E-state index in [1.807, 2.05) is 18.2 Å². The highest BCUT2D eigenvalue weighted by Gasteiger charge is 2.45. The molecule has 0 unspecified atom stereocenters. The highest BCUT2D eigenvalue weighted by atomic mass is 35.5. The van der Waals surface area contributed by atoms with Crippen molar-refractivity contribution >= 4 is 34.7 Å². The molecule has 0 amide bonds. The number of aryl methyl sites for hydroxylation is 1. The molecule has 1 aliphatic heterocycles. The number of anilines is 1. The Kier molecular flexibility index (Phi) is 4.75. The Balaban J connectivity index is 1.59. The summed E-state index contributed by atoms with van der Waals surface area (Å²) in [5.74, 6) is 0.0132. The average molecular weight is 420 g/mol. The quantitative estimate of drug-likeness (QED) is 0.627. The van der Waals surface area contributed by atoms with Crippen LogP contribution in [0.2, 0.25) is 5.02 Å². The molecular formula is C24H22ClN3O2. The molecule has 0 saturated heterocycles. The number of carboxylic acid groups (broad SMARTS) is 1. The zero-order valence-corrected chi connectivity index (χ0v) is 17.3. The van der Waals surface area contributed by atoms with Crippen LogP contribution in [0.1, 0.15) is 53.6 Å². The molecule has 6 heteroatoms. The molecule has 2 aromatic rings. The Bertz CT molecular complexity index is 1100. The van der Waals surface area contributed by atoms with Crippen molar-refractivity contribution < 1.29 is 9.90 Å². The third kappa shape index (κ3) is 3.07. The van der Waals surface area contributed by atoms with E-state index in [-0.39, 0.29) is 6.04 Å². The monoisotopic (exact) mass is 419 g/mol. The molecule has 2 aromatic carbocycles. The summed E-state index contributed by atoms with van der Waals surface area (Å²) >= 11 is 6.35. The zero-order chi connectivity index (χ0) is 20.8. The molecule has 1 N–H and O–H groups in total. The highest BCUT2D eigenvalue weighted by Crippen LogP contribution is 2.45. The maximum Gasteiger partial charge on any atom is 0.335 e. The summed E-state index contributed by atoms with van der Waals surface area (Å²) in [6.07, 6.45) is 6.77. The van der Waals surface area contributed by atoms with Gasteiger partial charge < -0.3 is 5.11 Å². The van der Waals surface area contributed by atoms with Gasteiger partial charge in [0.25, 0.3) is 0 Å². The molecule has 152 valence electrons. The summed E-state index contributed by atoms with van der Waals surface area (Å²) in [6.45, 7) is 7.26. The average Bonchev–Trinajstić information content (AvgIpc) is 3.40. The van der Waals surface area contributed by atoms with Gasteiger partial charge in [0.2, 0.25) is 5.69 Å². The first-order valence-corrected chi connectivity index (χ1v) is 10.9. The van der Waals surface area contributed by atoms with Crippen molar-refractivity contribution in [2.45, 2.75) is 44.6 Å². The van der Waals surface area contributed by atoms with Crippen LogP contribution in [0.4, 0.5) is 11.4 Å². The minimum atomic E-state index is -0.895. The van der Waals surface area contributed by atoms with Gasteiger partial charge in [0, 0.05) is 16.5 Å². The SMILES string of the molecule is [C-]#[N+]c1ccc(N2N=C3c4ccc(C(=O)O)cc4CC[C@H]3[C@H]2C2CCCC2)cc1Cl. The largest absolute Gasteiger partial charge is 0.478 e. The van der Waals surface area contributed by atoms with Crippen LogP contribution in [0, 0.1) is 18.4 Å². The molecule has 2 aliphatic carbocycles. The Labute approximate surface area is 180 Å². The Morgan fingerprint density at radius 1 is 1.17 bits per heavy atom. The van der Waals surface area contributed by atoms with Crippen molar-refractivity contribution in [2.24, 2.45) is 16.9 Å². The lowest BCUT2D eigenvalue weighted by Crippen LogP contribution is -2.40. The first kappa shape index (κ1) is 19.1. The third-order valence-electron chi connectivity index (χ3n) is 6.81. The first-order chi connectivity index (χ1) is 14.6. The van der Waals surface area contributed by atoms with Crippen molar-refractivity contribution in [3.8, 4) is 0 Å². The van der Waals surface area contributed by atoms with E-state index in [0.29, 0.717) is 28.1 Å². The molecule has 0 spiro atoms. The maximum atomic E-state index is 11.4. The normalized spacial score (nSPS) is 22.9. The number of halogens is 1. The standard InChI is InChI=1S/C24H22ClN3O2/c1-26-21-11-8-17(13-20(21)25)28-23(14-4-2-3-5-14)19-10-6-15-12-16(24(29)30)7-9-18(15)22(19)27-28/h7-9,11-14,19,23H,2-6,10H2,(H,29,30)/t19-,23-/m1/s1. The van der Waals surface area contributed by atoms with Gasteiger partial charge in [-0.05, 0) is 61.4 Å². The number of fused-ring (bicyclic) bond motifs is 3. The van der Waals surface area contributed by atoms with Gasteiger partial charge in [-0.15, -0.1) is 0 Å². The Morgan fingerprint density at radius 2 is 1.97 bits per heavy atom. The van der Waals surface area contributed by atoms with E-state index in [2.05, 4.69) is 9.85 Å². The second-order valence-electron chi connectivity index (χ2n) is 8.43. The molecule has 5 nitrogen and oxygen atoms in total. The van der Waals surface area contributed by atoms with Gasteiger partial charge >= 0.3 is 5.97 Å². The van der Waals surface area contributed by atoms with Crippen LogP contribution in [0.5, 0.6) is 0 Å². The molecule has 2 atom stereocenters. The number of hydrogen-bond acceptors (Lipinski definition) is 3. The van der Waals surface area contributed by atoms with Crippen LogP contribution in [-0.2, 0) is 6.42 Å². The summed E-state index contributed by atoms with van der Waals surface area (Å²) in [6, 6.07) is 11.2. The van der Waals surface area contributed by atoms with Gasteiger partial charge in [-0.25, -0.2) is 9.64 Å². The molecule has 30 heavy (non-hydrogen) atoms. The maximum absolute atomic E-state index is 11.4. The van der Waals surface area contributed by atoms with Gasteiger partial charge in [0.1, 0.15) is 0 Å². The van der Waals surface area contributed by atoms with Gasteiger partial charge in [-0.2, -0.15) is 5.10 Å². The minimum Gasteiger partial charge on any atom is -0.478 e. The molecule has 0 radical (unpaired) electrons. The van der Waals surface area contributed by atoms with Gasteiger partial charge in [0.15, 0.2) is 0 Å².